The minimum atomic E-state index is -0.533. The molecule has 2 aromatic rings. The molecule has 0 aliphatic carbocycles. The lowest BCUT2D eigenvalue weighted by Gasteiger charge is -2.16. The quantitative estimate of drug-likeness (QED) is 0.571. The van der Waals surface area contributed by atoms with Gasteiger partial charge in [0.05, 0.1) is 4.92 Å². The van der Waals surface area contributed by atoms with Crippen LogP contribution in [0.25, 0.3) is 0 Å². The molecule has 0 fully saturated rings. The number of nitrogens with one attached hydrogen (secondary N) is 2. The number of para-hydroxylation sites is 2. The van der Waals surface area contributed by atoms with Crippen molar-refractivity contribution in [1.82, 2.24) is 0 Å². The molecule has 2 atom stereocenters. The molecule has 0 saturated carbocycles. The molecule has 25 heavy (non-hydrogen) atoms. The van der Waals surface area contributed by atoms with E-state index in [0.717, 1.165) is 12.1 Å². The number of hydrogen-bond donors (Lipinski definition) is 2. The van der Waals surface area contributed by atoms with Crippen LogP contribution in [0, 0.1) is 10.1 Å². The zero-order valence-electron chi connectivity index (χ0n) is 14.7. The van der Waals surface area contributed by atoms with Crippen molar-refractivity contribution in [2.45, 2.75) is 39.2 Å². The predicted molar refractivity (Wildman–Crippen MR) is 100.0 cm³/mol. The monoisotopic (exact) mass is 341 g/mol. The molecule has 6 heteroatoms. The van der Waals surface area contributed by atoms with Crippen LogP contribution >= 0.6 is 0 Å². The number of rotatable bonds is 7. The molecule has 132 valence electrons. The summed E-state index contributed by atoms with van der Waals surface area (Å²) < 4.78 is 0. The highest BCUT2D eigenvalue weighted by Crippen LogP contribution is 2.24. The van der Waals surface area contributed by atoms with Crippen LogP contribution < -0.4 is 10.6 Å². The summed E-state index contributed by atoms with van der Waals surface area (Å²) in [5.74, 6) is 0.161. The number of nitrogens with zero attached hydrogens (tertiary/aromatic N) is 1. The fourth-order valence-corrected chi connectivity index (χ4v) is 2.44. The van der Waals surface area contributed by atoms with E-state index in [0.29, 0.717) is 5.92 Å². The Hall–Kier alpha value is -2.89. The van der Waals surface area contributed by atoms with Gasteiger partial charge in [-0.3, -0.25) is 14.9 Å². The van der Waals surface area contributed by atoms with Gasteiger partial charge in [-0.2, -0.15) is 0 Å². The van der Waals surface area contributed by atoms with Gasteiger partial charge >= 0.3 is 0 Å². The van der Waals surface area contributed by atoms with E-state index in [-0.39, 0.29) is 17.3 Å². The molecular formula is C19H23N3O3. The lowest BCUT2D eigenvalue weighted by Crippen LogP contribution is -2.32. The molecule has 0 heterocycles. The lowest BCUT2D eigenvalue weighted by molar-refractivity contribution is -0.383. The maximum absolute atomic E-state index is 12.3. The second-order valence-corrected chi connectivity index (χ2v) is 6.06. The molecule has 0 aromatic heterocycles. The highest BCUT2D eigenvalue weighted by atomic mass is 16.6. The normalized spacial score (nSPS) is 12.9. The largest absolute Gasteiger partial charge is 0.374 e. The van der Waals surface area contributed by atoms with Crippen molar-refractivity contribution in [2.75, 3.05) is 10.6 Å². The maximum atomic E-state index is 12.3. The van der Waals surface area contributed by atoms with Gasteiger partial charge < -0.3 is 10.6 Å². The van der Waals surface area contributed by atoms with Gasteiger partial charge in [0, 0.05) is 11.8 Å². The van der Waals surface area contributed by atoms with Crippen molar-refractivity contribution in [3.05, 3.63) is 64.2 Å². The van der Waals surface area contributed by atoms with E-state index in [4.69, 9.17) is 0 Å². The molecule has 0 spiro atoms. The topological polar surface area (TPSA) is 84.3 Å². The van der Waals surface area contributed by atoms with E-state index < -0.39 is 11.0 Å². The zero-order valence-corrected chi connectivity index (χ0v) is 14.7. The number of nitro groups is 1. The number of carbonyl (C=O) groups is 1. The van der Waals surface area contributed by atoms with Gasteiger partial charge in [0.2, 0.25) is 5.91 Å². The average Bonchev–Trinajstić information content (AvgIpc) is 2.61. The number of anilines is 2. The highest BCUT2D eigenvalue weighted by Gasteiger charge is 2.18. The van der Waals surface area contributed by atoms with Crippen molar-refractivity contribution >= 4 is 23.0 Å². The lowest BCUT2D eigenvalue weighted by atomic mass is 9.98. The van der Waals surface area contributed by atoms with E-state index in [1.807, 2.05) is 24.3 Å². The molecule has 0 unspecified atom stereocenters. The number of carbonyl (C=O) groups excluding carboxylic acids is 1. The summed E-state index contributed by atoms with van der Waals surface area (Å²) in [6.45, 7) is 6.03. The molecule has 2 N–H and O–H groups in total. The van der Waals surface area contributed by atoms with Crippen molar-refractivity contribution in [3.8, 4) is 0 Å². The maximum Gasteiger partial charge on any atom is 0.292 e. The van der Waals surface area contributed by atoms with Gasteiger partial charge in [-0.25, -0.2) is 0 Å². The first-order valence-corrected chi connectivity index (χ1v) is 8.33. The van der Waals surface area contributed by atoms with Crippen LogP contribution in [0.2, 0.25) is 0 Å². The third-order valence-electron chi connectivity index (χ3n) is 4.23. The van der Waals surface area contributed by atoms with Crippen molar-refractivity contribution < 1.29 is 9.72 Å². The summed E-state index contributed by atoms with van der Waals surface area (Å²) in [5.41, 5.74) is 2.15. The van der Waals surface area contributed by atoms with Gasteiger partial charge in [-0.1, -0.05) is 38.1 Å². The molecule has 6 nitrogen and oxygen atoms in total. The summed E-state index contributed by atoms with van der Waals surface area (Å²) in [7, 11) is 0. The Labute approximate surface area is 147 Å². The molecule has 0 radical (unpaired) electrons. The SMILES string of the molecule is CC[C@H](C)c1ccc(N[C@@H](C)C(=O)Nc2ccccc2[N+](=O)[O-])cc1. The van der Waals surface area contributed by atoms with E-state index in [9.17, 15) is 14.9 Å². The first kappa shape index (κ1) is 18.4. The Bertz CT molecular complexity index is 744. The number of nitro benzene ring substituents is 1. The molecule has 0 bridgehead atoms. The summed E-state index contributed by atoms with van der Waals surface area (Å²) in [4.78, 5) is 22.8. The van der Waals surface area contributed by atoms with Gasteiger partial charge in [0.1, 0.15) is 11.7 Å². The van der Waals surface area contributed by atoms with Crippen LogP contribution in [0.3, 0.4) is 0 Å². The summed E-state index contributed by atoms with van der Waals surface area (Å²) in [6.07, 6.45) is 1.07. The summed E-state index contributed by atoms with van der Waals surface area (Å²) >= 11 is 0. The number of hydrogen-bond acceptors (Lipinski definition) is 4. The van der Waals surface area contributed by atoms with Gasteiger partial charge in [0.15, 0.2) is 0 Å². The Morgan fingerprint density at radius 3 is 2.36 bits per heavy atom. The second kappa shape index (κ2) is 8.28. The van der Waals surface area contributed by atoms with Crippen LogP contribution in [-0.2, 0) is 4.79 Å². The van der Waals surface area contributed by atoms with Crippen molar-refractivity contribution in [3.63, 3.8) is 0 Å². The third-order valence-corrected chi connectivity index (χ3v) is 4.23. The van der Waals surface area contributed by atoms with Gasteiger partial charge in [-0.05, 0) is 43.0 Å². The standard InChI is InChI=1S/C19H23N3O3/c1-4-13(2)15-9-11-16(12-10-15)20-14(3)19(23)21-17-7-5-6-8-18(17)22(24)25/h5-14,20H,4H2,1-3H3,(H,21,23)/t13-,14-/m0/s1. The van der Waals surface area contributed by atoms with Crippen LogP contribution in [0.5, 0.6) is 0 Å². The molecule has 2 aromatic carbocycles. The fraction of sp³-hybridized carbons (Fsp3) is 0.316. The van der Waals surface area contributed by atoms with Gasteiger partial charge in [-0.15, -0.1) is 0 Å². The van der Waals surface area contributed by atoms with Crippen LogP contribution in [0.15, 0.2) is 48.5 Å². The van der Waals surface area contributed by atoms with Crippen molar-refractivity contribution in [2.24, 2.45) is 0 Å². The molecule has 2 rings (SSSR count). The van der Waals surface area contributed by atoms with E-state index in [2.05, 4.69) is 24.5 Å². The molecule has 0 aliphatic rings. The van der Waals surface area contributed by atoms with Crippen LogP contribution in [0.1, 0.15) is 38.7 Å². The molecule has 1 amide bonds. The van der Waals surface area contributed by atoms with E-state index in [1.54, 1.807) is 19.1 Å². The first-order valence-electron chi connectivity index (χ1n) is 8.33. The van der Waals surface area contributed by atoms with Crippen molar-refractivity contribution in [1.29, 1.82) is 0 Å². The molecular weight excluding hydrogens is 318 g/mol. The van der Waals surface area contributed by atoms with E-state index in [1.165, 1.54) is 17.7 Å². The second-order valence-electron chi connectivity index (χ2n) is 6.06. The Morgan fingerprint density at radius 2 is 1.76 bits per heavy atom. The average molecular weight is 341 g/mol. The number of benzene rings is 2. The minimum Gasteiger partial charge on any atom is -0.374 e. The van der Waals surface area contributed by atoms with Crippen LogP contribution in [0.4, 0.5) is 17.1 Å². The Kier molecular flexibility index (Phi) is 6.11. The van der Waals surface area contributed by atoms with Crippen LogP contribution in [-0.4, -0.2) is 16.9 Å². The zero-order chi connectivity index (χ0) is 18.4. The summed E-state index contributed by atoms with van der Waals surface area (Å²) in [5, 5.41) is 16.7. The van der Waals surface area contributed by atoms with E-state index >= 15 is 0 Å². The third kappa shape index (κ3) is 4.79. The predicted octanol–water partition coefficient (Wildman–Crippen LogP) is 4.55. The highest BCUT2D eigenvalue weighted by molar-refractivity contribution is 5.97. The smallest absolute Gasteiger partial charge is 0.292 e. The Balaban J connectivity index is 2.02. The fourth-order valence-electron chi connectivity index (χ4n) is 2.44. The minimum absolute atomic E-state index is 0.124. The summed E-state index contributed by atoms with van der Waals surface area (Å²) in [6, 6.07) is 13.5. The Morgan fingerprint density at radius 1 is 1.12 bits per heavy atom. The molecule has 0 aliphatic heterocycles. The van der Waals surface area contributed by atoms with Gasteiger partial charge in [0.25, 0.3) is 5.69 Å². The number of amides is 1. The molecule has 0 saturated heterocycles. The first-order chi connectivity index (χ1) is 11.9.